The minimum atomic E-state index is -0.494. The number of benzene rings is 6. The van der Waals surface area contributed by atoms with Crippen LogP contribution < -0.4 is 17.2 Å². The highest BCUT2D eigenvalue weighted by Crippen LogP contribution is 2.44. The average Bonchev–Trinajstić information content (AvgIpc) is 3.48. The van der Waals surface area contributed by atoms with Gasteiger partial charge in [-0.15, -0.1) is 0 Å². The van der Waals surface area contributed by atoms with Crippen molar-refractivity contribution in [1.82, 2.24) is 0 Å². The molecule has 3 aliphatic rings. The lowest BCUT2D eigenvalue weighted by atomic mass is 9.68. The molecule has 0 unspecified atom stereocenters. The Hall–Kier alpha value is -5.26. The topological polar surface area (TPSA) is 106 Å². The molecule has 0 aromatic heterocycles. The molecule has 3 aliphatic carbocycles. The maximum atomic E-state index is 14.2. The SMILES string of the molecule is NCC1(c2cc(F)ccc2F)CCC(OC/C=C/c2ccccc2)CC1.NCC1(c2ccc(Cl)cc2)CCC(OC/C=C/c2ccccc2)CC1.NCC1(c2ccccc2Cl)CCC(OC/C=C/c2ccccc2)CC1. The number of rotatable bonds is 18. The zero-order valence-electron chi connectivity index (χ0n) is 43.9. The van der Waals surface area contributed by atoms with Crippen molar-refractivity contribution in [2.75, 3.05) is 39.5 Å². The van der Waals surface area contributed by atoms with Gasteiger partial charge in [0.25, 0.3) is 0 Å². The summed E-state index contributed by atoms with van der Waals surface area (Å²) in [6, 6.07) is 50.6. The fraction of sp³-hybridized carbons (Fsp3) is 0.364. The Kier molecular flexibility index (Phi) is 23.1. The second-order valence-electron chi connectivity index (χ2n) is 20.6. The number of hydrogen-bond acceptors (Lipinski definition) is 6. The van der Waals surface area contributed by atoms with Crippen LogP contribution in [-0.2, 0) is 30.5 Å². The normalized spacial score (nSPS) is 23.7. The summed E-state index contributed by atoms with van der Waals surface area (Å²) in [6.07, 6.45) is 24.6. The van der Waals surface area contributed by atoms with Gasteiger partial charge < -0.3 is 31.4 Å². The molecule has 76 heavy (non-hydrogen) atoms. The number of ether oxygens (including phenoxy) is 3. The van der Waals surface area contributed by atoms with E-state index in [-0.39, 0.29) is 22.8 Å². The first-order valence-electron chi connectivity index (χ1n) is 27.1. The number of nitrogens with two attached hydrogens (primary N) is 3. The van der Waals surface area contributed by atoms with Crippen LogP contribution in [0.3, 0.4) is 0 Å². The van der Waals surface area contributed by atoms with Gasteiger partial charge >= 0.3 is 0 Å². The number of hydrogen-bond donors (Lipinski definition) is 3. The molecule has 6 aromatic carbocycles. The van der Waals surface area contributed by atoms with E-state index >= 15 is 0 Å². The highest BCUT2D eigenvalue weighted by Gasteiger charge is 2.39. The van der Waals surface area contributed by atoms with Crippen LogP contribution in [-0.4, -0.2) is 57.8 Å². The quantitative estimate of drug-likeness (QED) is 0.0792. The van der Waals surface area contributed by atoms with Crippen LogP contribution in [0.25, 0.3) is 18.2 Å². The van der Waals surface area contributed by atoms with Crippen LogP contribution in [0.4, 0.5) is 8.78 Å². The van der Waals surface area contributed by atoms with E-state index in [1.54, 1.807) is 0 Å². The second-order valence-corrected chi connectivity index (χ2v) is 21.4. The van der Waals surface area contributed by atoms with Crippen LogP contribution in [0.5, 0.6) is 0 Å². The van der Waals surface area contributed by atoms with Gasteiger partial charge in [-0.25, -0.2) is 8.78 Å². The Morgan fingerprint density at radius 2 is 0.803 bits per heavy atom. The molecule has 0 saturated heterocycles. The third-order valence-corrected chi connectivity index (χ3v) is 16.4. The summed E-state index contributed by atoms with van der Waals surface area (Å²) in [4.78, 5) is 0. The monoisotopic (exact) mass is 1070 g/mol. The van der Waals surface area contributed by atoms with Crippen molar-refractivity contribution < 1.29 is 23.0 Å². The lowest BCUT2D eigenvalue weighted by Gasteiger charge is -2.40. The van der Waals surface area contributed by atoms with E-state index in [2.05, 4.69) is 72.8 Å². The molecule has 3 saturated carbocycles. The van der Waals surface area contributed by atoms with E-state index in [0.29, 0.717) is 70.1 Å². The molecular formula is C66H77Cl2F2N3O3. The Morgan fingerprint density at radius 1 is 0.434 bits per heavy atom. The molecule has 0 spiro atoms. The van der Waals surface area contributed by atoms with Crippen LogP contribution in [0.15, 0.2) is 176 Å². The average molecular weight is 1070 g/mol. The Balaban J connectivity index is 0.000000166. The third-order valence-electron chi connectivity index (χ3n) is 15.9. The predicted octanol–water partition coefficient (Wildman–Crippen LogP) is 15.3. The van der Waals surface area contributed by atoms with Gasteiger partial charge in [0.1, 0.15) is 11.6 Å². The van der Waals surface area contributed by atoms with Gasteiger partial charge in [-0.1, -0.05) is 181 Å². The Morgan fingerprint density at radius 3 is 1.20 bits per heavy atom. The van der Waals surface area contributed by atoms with Crippen LogP contribution >= 0.6 is 23.2 Å². The smallest absolute Gasteiger partial charge is 0.127 e. The maximum Gasteiger partial charge on any atom is 0.127 e. The molecule has 402 valence electrons. The maximum absolute atomic E-state index is 14.2. The van der Waals surface area contributed by atoms with E-state index in [4.69, 9.17) is 54.6 Å². The highest BCUT2D eigenvalue weighted by atomic mass is 35.5. The lowest BCUT2D eigenvalue weighted by molar-refractivity contribution is 0.0284. The van der Waals surface area contributed by atoms with E-state index < -0.39 is 11.2 Å². The fourth-order valence-corrected chi connectivity index (χ4v) is 11.6. The highest BCUT2D eigenvalue weighted by molar-refractivity contribution is 6.31. The lowest BCUT2D eigenvalue weighted by Crippen LogP contribution is -2.41. The van der Waals surface area contributed by atoms with Gasteiger partial charge in [-0.3, -0.25) is 0 Å². The van der Waals surface area contributed by atoms with Gasteiger partial charge in [0, 0.05) is 45.9 Å². The summed E-state index contributed by atoms with van der Waals surface area (Å²) in [5.74, 6) is -0.791. The first-order chi connectivity index (χ1) is 37.1. The predicted molar refractivity (Wildman–Crippen MR) is 313 cm³/mol. The molecule has 6 N–H and O–H groups in total. The fourth-order valence-electron chi connectivity index (χ4n) is 11.1. The van der Waals surface area contributed by atoms with Gasteiger partial charge in [-0.05, 0) is 147 Å². The van der Waals surface area contributed by atoms with Gasteiger partial charge in [-0.2, -0.15) is 0 Å². The molecule has 6 nitrogen and oxygen atoms in total. The number of halogens is 4. The van der Waals surface area contributed by atoms with E-state index in [1.165, 1.54) is 34.4 Å². The zero-order valence-corrected chi connectivity index (χ0v) is 45.4. The minimum Gasteiger partial charge on any atom is -0.374 e. The van der Waals surface area contributed by atoms with E-state index in [1.807, 2.05) is 103 Å². The molecule has 0 amide bonds. The zero-order chi connectivity index (χ0) is 53.5. The molecule has 0 bridgehead atoms. The van der Waals surface area contributed by atoms with Crippen molar-refractivity contribution in [1.29, 1.82) is 0 Å². The van der Waals surface area contributed by atoms with Crippen molar-refractivity contribution in [3.05, 3.63) is 231 Å². The molecule has 0 atom stereocenters. The molecule has 0 radical (unpaired) electrons. The third kappa shape index (κ3) is 16.9. The van der Waals surface area contributed by atoms with Gasteiger partial charge in [0.2, 0.25) is 0 Å². The van der Waals surface area contributed by atoms with Crippen molar-refractivity contribution in [2.45, 2.75) is 112 Å². The summed E-state index contributed by atoms with van der Waals surface area (Å²) >= 11 is 12.4. The molecule has 0 heterocycles. The molecule has 3 fully saturated rings. The molecule has 6 aromatic rings. The second kappa shape index (κ2) is 30.0. The standard InChI is InChI=1S/2C22H26ClNO.C22H25F2NO/c23-21-11-5-4-10-20(21)22(17-24)14-12-19(13-15-22)25-16-6-9-18-7-2-1-3-8-18;23-20-10-8-19(9-11-20)22(17-24)14-12-21(13-15-22)25-16-4-7-18-5-2-1-3-6-18;23-18-8-9-21(24)20(15-18)22(16-25)12-10-19(11-13-22)26-14-4-7-17-5-2-1-3-6-17/h1-11,19H,12-17,24H2;1-11,21H,12-17,24H2;1-9,15,19H,10-14,16,25H2/b9-6+;2*7-4+. The Labute approximate surface area is 461 Å². The van der Waals surface area contributed by atoms with Crippen LogP contribution in [0, 0.1) is 11.6 Å². The van der Waals surface area contributed by atoms with Crippen molar-refractivity contribution >= 4 is 41.4 Å². The summed E-state index contributed by atoms with van der Waals surface area (Å²) in [5, 5.41) is 1.61. The summed E-state index contributed by atoms with van der Waals surface area (Å²) in [6.45, 7) is 3.49. The van der Waals surface area contributed by atoms with Crippen LogP contribution in [0.2, 0.25) is 10.0 Å². The summed E-state index contributed by atoms with van der Waals surface area (Å²) in [5.41, 5.74) is 24.3. The summed E-state index contributed by atoms with van der Waals surface area (Å²) < 4.78 is 45.9. The van der Waals surface area contributed by atoms with Crippen LogP contribution in [0.1, 0.15) is 110 Å². The van der Waals surface area contributed by atoms with Crippen molar-refractivity contribution in [3.8, 4) is 0 Å². The molecular weight excluding hydrogens is 992 g/mol. The van der Waals surface area contributed by atoms with Gasteiger partial charge in [0.15, 0.2) is 0 Å². The molecule has 10 heteroatoms. The molecule has 9 rings (SSSR count). The van der Waals surface area contributed by atoms with E-state index in [9.17, 15) is 8.78 Å². The van der Waals surface area contributed by atoms with Crippen molar-refractivity contribution in [2.24, 2.45) is 17.2 Å². The Bertz CT molecular complexity index is 2700. The van der Waals surface area contributed by atoms with Crippen molar-refractivity contribution in [3.63, 3.8) is 0 Å². The molecule has 0 aliphatic heterocycles. The minimum absolute atomic E-state index is 0.00190. The summed E-state index contributed by atoms with van der Waals surface area (Å²) in [7, 11) is 0. The van der Waals surface area contributed by atoms with Gasteiger partial charge in [0.05, 0.1) is 38.1 Å². The largest absolute Gasteiger partial charge is 0.374 e. The van der Waals surface area contributed by atoms with E-state index in [0.717, 1.165) is 85.9 Å². The first-order valence-corrected chi connectivity index (χ1v) is 27.9. The first kappa shape index (κ1) is 58.4.